The van der Waals surface area contributed by atoms with Gasteiger partial charge in [0.2, 0.25) is 11.8 Å². The third-order valence-electron chi connectivity index (χ3n) is 5.25. The fraction of sp³-hybridized carbons (Fsp3) is 0.417. The number of carbonyl (C=O) groups excluding carboxylic acids is 2. The molecule has 3 rings (SSSR count). The summed E-state index contributed by atoms with van der Waals surface area (Å²) in [7, 11) is 0. The first kappa shape index (κ1) is 22.6. The summed E-state index contributed by atoms with van der Waals surface area (Å²) in [5, 5.41) is 2.82. The molecule has 1 aliphatic heterocycles. The van der Waals surface area contributed by atoms with Crippen LogP contribution in [-0.4, -0.2) is 42.5 Å². The summed E-state index contributed by atoms with van der Waals surface area (Å²) in [6.07, 6.45) is 1.47. The van der Waals surface area contributed by atoms with Gasteiger partial charge in [-0.2, -0.15) is 0 Å². The topological polar surface area (TPSA) is 67.9 Å². The molecule has 0 saturated heterocycles. The van der Waals surface area contributed by atoms with E-state index >= 15 is 0 Å². The molecule has 2 aromatic rings. The van der Waals surface area contributed by atoms with E-state index in [9.17, 15) is 14.0 Å². The Morgan fingerprint density at radius 3 is 2.61 bits per heavy atom. The maximum absolute atomic E-state index is 14.2. The predicted octanol–water partition coefficient (Wildman–Crippen LogP) is 3.47. The Kier molecular flexibility index (Phi) is 7.87. The Hall–Kier alpha value is -3.09. The fourth-order valence-electron chi connectivity index (χ4n) is 3.43. The lowest BCUT2D eigenvalue weighted by Crippen LogP contribution is -2.47. The van der Waals surface area contributed by atoms with Gasteiger partial charge < -0.3 is 19.7 Å². The van der Waals surface area contributed by atoms with Crippen LogP contribution >= 0.6 is 0 Å². The van der Waals surface area contributed by atoms with Crippen molar-refractivity contribution in [2.45, 2.75) is 45.7 Å². The number of carbonyl (C=O) groups is 2. The summed E-state index contributed by atoms with van der Waals surface area (Å²) in [5.74, 6) is 0.520. The first-order valence-corrected chi connectivity index (χ1v) is 10.7. The summed E-state index contributed by atoms with van der Waals surface area (Å²) in [6, 6.07) is 11.2. The van der Waals surface area contributed by atoms with Crippen LogP contribution in [0.1, 0.15) is 37.8 Å². The van der Waals surface area contributed by atoms with Gasteiger partial charge in [0, 0.05) is 25.1 Å². The molecule has 0 unspecified atom stereocenters. The Morgan fingerprint density at radius 1 is 1.13 bits per heavy atom. The minimum Gasteiger partial charge on any atom is -0.486 e. The zero-order valence-corrected chi connectivity index (χ0v) is 18.0. The quantitative estimate of drug-likeness (QED) is 0.664. The second kappa shape index (κ2) is 10.8. The highest BCUT2D eigenvalue weighted by molar-refractivity contribution is 5.87. The number of halogens is 1. The lowest BCUT2D eigenvalue weighted by atomic mass is 10.1. The normalized spacial score (nSPS) is 13.4. The van der Waals surface area contributed by atoms with Gasteiger partial charge >= 0.3 is 0 Å². The van der Waals surface area contributed by atoms with E-state index in [1.807, 2.05) is 25.1 Å². The molecular weight excluding hydrogens is 399 g/mol. The lowest BCUT2D eigenvalue weighted by Gasteiger charge is -2.29. The Bertz CT molecular complexity index is 918. The van der Waals surface area contributed by atoms with E-state index in [0.717, 1.165) is 12.0 Å². The standard InChI is InChI=1S/C24H29FN2O4/c1-3-12-26-24(29)17(2)27(16-19-6-4-5-7-20(19)25)23(28)11-9-18-8-10-21-22(15-18)31-14-13-30-21/h4-8,10,15,17H,3,9,11-14,16H2,1-2H3,(H,26,29)/t17-/m0/s1. The maximum atomic E-state index is 14.2. The molecule has 0 aliphatic carbocycles. The number of benzene rings is 2. The summed E-state index contributed by atoms with van der Waals surface area (Å²) < 4.78 is 25.4. The molecule has 0 aromatic heterocycles. The van der Waals surface area contributed by atoms with Crippen molar-refractivity contribution >= 4 is 11.8 Å². The summed E-state index contributed by atoms with van der Waals surface area (Å²) >= 11 is 0. The molecule has 0 saturated carbocycles. The van der Waals surface area contributed by atoms with E-state index in [0.29, 0.717) is 43.2 Å². The van der Waals surface area contributed by atoms with E-state index < -0.39 is 11.9 Å². The number of nitrogens with zero attached hydrogens (tertiary/aromatic N) is 1. The van der Waals surface area contributed by atoms with E-state index in [1.165, 1.54) is 11.0 Å². The van der Waals surface area contributed by atoms with Crippen LogP contribution in [0.5, 0.6) is 11.5 Å². The number of amides is 2. The van der Waals surface area contributed by atoms with Crippen molar-refractivity contribution in [2.75, 3.05) is 19.8 Å². The number of fused-ring (bicyclic) bond motifs is 1. The molecule has 0 spiro atoms. The number of aryl methyl sites for hydroxylation is 1. The number of ether oxygens (including phenoxy) is 2. The third kappa shape index (κ3) is 5.96. The van der Waals surface area contributed by atoms with E-state index in [4.69, 9.17) is 9.47 Å². The average Bonchev–Trinajstić information content (AvgIpc) is 2.79. The monoisotopic (exact) mass is 428 g/mol. The van der Waals surface area contributed by atoms with Crippen LogP contribution in [0.15, 0.2) is 42.5 Å². The van der Waals surface area contributed by atoms with Crippen LogP contribution < -0.4 is 14.8 Å². The molecule has 6 nitrogen and oxygen atoms in total. The molecule has 0 bridgehead atoms. The second-order valence-electron chi connectivity index (χ2n) is 7.56. The third-order valence-corrected chi connectivity index (χ3v) is 5.25. The van der Waals surface area contributed by atoms with Crippen molar-refractivity contribution in [1.29, 1.82) is 0 Å². The molecule has 31 heavy (non-hydrogen) atoms. The van der Waals surface area contributed by atoms with Gasteiger partial charge in [-0.05, 0) is 43.5 Å². The number of nitrogens with one attached hydrogen (secondary N) is 1. The van der Waals surface area contributed by atoms with Gasteiger partial charge in [0.25, 0.3) is 0 Å². The van der Waals surface area contributed by atoms with Crippen molar-refractivity contribution in [3.8, 4) is 11.5 Å². The van der Waals surface area contributed by atoms with Crippen molar-refractivity contribution in [2.24, 2.45) is 0 Å². The average molecular weight is 429 g/mol. The molecule has 2 amide bonds. The summed E-state index contributed by atoms with van der Waals surface area (Å²) in [6.45, 7) is 5.22. The van der Waals surface area contributed by atoms with E-state index in [2.05, 4.69) is 5.32 Å². The largest absolute Gasteiger partial charge is 0.486 e. The molecule has 2 aromatic carbocycles. The smallest absolute Gasteiger partial charge is 0.242 e. The number of hydrogen-bond donors (Lipinski definition) is 1. The van der Waals surface area contributed by atoms with Gasteiger partial charge in [0.15, 0.2) is 11.5 Å². The molecule has 7 heteroatoms. The first-order valence-electron chi connectivity index (χ1n) is 10.7. The minimum absolute atomic E-state index is 0.0351. The van der Waals surface area contributed by atoms with Crippen LogP contribution in [0.2, 0.25) is 0 Å². The Morgan fingerprint density at radius 2 is 1.87 bits per heavy atom. The van der Waals surface area contributed by atoms with Gasteiger partial charge in [-0.3, -0.25) is 9.59 Å². The SMILES string of the molecule is CCCNC(=O)[C@H](C)N(Cc1ccccc1F)C(=O)CCc1ccc2c(c1)OCCO2. The molecule has 1 N–H and O–H groups in total. The molecule has 1 heterocycles. The van der Waals surface area contributed by atoms with Crippen LogP contribution in [0.4, 0.5) is 4.39 Å². The van der Waals surface area contributed by atoms with Gasteiger partial charge in [-0.25, -0.2) is 4.39 Å². The zero-order chi connectivity index (χ0) is 22.2. The zero-order valence-electron chi connectivity index (χ0n) is 18.0. The molecule has 0 radical (unpaired) electrons. The number of hydrogen-bond acceptors (Lipinski definition) is 4. The number of rotatable bonds is 9. The van der Waals surface area contributed by atoms with Crippen molar-refractivity contribution in [3.05, 3.63) is 59.4 Å². The lowest BCUT2D eigenvalue weighted by molar-refractivity contribution is -0.140. The molecule has 1 aliphatic rings. The van der Waals surface area contributed by atoms with Crippen LogP contribution in [0.25, 0.3) is 0 Å². The molecule has 1 atom stereocenters. The highest BCUT2D eigenvalue weighted by Gasteiger charge is 2.26. The summed E-state index contributed by atoms with van der Waals surface area (Å²) in [4.78, 5) is 27.1. The Balaban J connectivity index is 1.71. The van der Waals surface area contributed by atoms with Crippen molar-refractivity contribution in [3.63, 3.8) is 0 Å². The van der Waals surface area contributed by atoms with E-state index in [1.54, 1.807) is 25.1 Å². The molecule has 166 valence electrons. The Labute approximate surface area is 182 Å². The predicted molar refractivity (Wildman–Crippen MR) is 115 cm³/mol. The van der Waals surface area contributed by atoms with Crippen LogP contribution in [0, 0.1) is 5.82 Å². The van der Waals surface area contributed by atoms with Crippen LogP contribution in [0.3, 0.4) is 0 Å². The van der Waals surface area contributed by atoms with Gasteiger partial charge in [0.05, 0.1) is 0 Å². The molecule has 0 fully saturated rings. The van der Waals surface area contributed by atoms with Crippen molar-refractivity contribution in [1.82, 2.24) is 10.2 Å². The maximum Gasteiger partial charge on any atom is 0.242 e. The van der Waals surface area contributed by atoms with Gasteiger partial charge in [-0.15, -0.1) is 0 Å². The summed E-state index contributed by atoms with van der Waals surface area (Å²) in [5.41, 5.74) is 1.32. The van der Waals surface area contributed by atoms with E-state index in [-0.39, 0.29) is 24.8 Å². The van der Waals surface area contributed by atoms with Gasteiger partial charge in [0.1, 0.15) is 25.1 Å². The van der Waals surface area contributed by atoms with Crippen LogP contribution in [-0.2, 0) is 22.6 Å². The van der Waals surface area contributed by atoms with Crippen molar-refractivity contribution < 1.29 is 23.5 Å². The minimum atomic E-state index is -0.709. The second-order valence-corrected chi connectivity index (χ2v) is 7.56. The van der Waals surface area contributed by atoms with Gasteiger partial charge in [-0.1, -0.05) is 31.2 Å². The highest BCUT2D eigenvalue weighted by Crippen LogP contribution is 2.31. The highest BCUT2D eigenvalue weighted by atomic mass is 19.1. The molecular formula is C24H29FN2O4. The first-order chi connectivity index (χ1) is 15.0. The fourth-order valence-corrected chi connectivity index (χ4v) is 3.43.